The summed E-state index contributed by atoms with van der Waals surface area (Å²) in [5.41, 5.74) is 7.95. The molecule has 7 heteroatoms. The summed E-state index contributed by atoms with van der Waals surface area (Å²) in [5.74, 6) is -0.316. The first-order valence-corrected chi connectivity index (χ1v) is 4.57. The van der Waals surface area contributed by atoms with Crippen LogP contribution in [-0.4, -0.2) is 45.5 Å². The smallest absolute Gasteiger partial charge is 0.302 e. The lowest BCUT2D eigenvalue weighted by Crippen LogP contribution is -2.11. The van der Waals surface area contributed by atoms with Crippen LogP contribution in [0.4, 0.5) is 0 Å². The first-order valence-electron chi connectivity index (χ1n) is 4.57. The number of ether oxygens (including phenoxy) is 3. The molecule has 0 fully saturated rings. The second-order valence-corrected chi connectivity index (χ2v) is 2.52. The van der Waals surface area contributed by atoms with Gasteiger partial charge in [-0.15, -0.1) is 0 Å². The van der Waals surface area contributed by atoms with Gasteiger partial charge in [0.1, 0.15) is 6.61 Å². The first kappa shape index (κ1) is 13.7. The van der Waals surface area contributed by atoms with Gasteiger partial charge in [0.05, 0.1) is 26.4 Å². The largest absolute Gasteiger partial charge is 0.463 e. The molecule has 0 saturated heterocycles. The van der Waals surface area contributed by atoms with Crippen LogP contribution < -0.4 is 0 Å². The Bertz CT molecular complexity index is 208. The molecule has 0 amide bonds. The van der Waals surface area contributed by atoms with Gasteiger partial charge in [-0.3, -0.25) is 4.79 Å². The minimum atomic E-state index is -0.316. The summed E-state index contributed by atoms with van der Waals surface area (Å²) in [5, 5.41) is 3.30. The average Bonchev–Trinajstić information content (AvgIpc) is 2.20. The average molecular weight is 217 g/mol. The molecule has 7 nitrogen and oxygen atoms in total. The van der Waals surface area contributed by atoms with Gasteiger partial charge in [-0.2, -0.15) is 0 Å². The van der Waals surface area contributed by atoms with Gasteiger partial charge in [0.15, 0.2) is 0 Å². The van der Waals surface area contributed by atoms with Gasteiger partial charge >= 0.3 is 5.97 Å². The number of nitrogens with zero attached hydrogens (tertiary/aromatic N) is 3. The van der Waals surface area contributed by atoms with Crippen LogP contribution in [0, 0.1) is 0 Å². The number of carbonyl (C=O) groups is 1. The maximum absolute atomic E-state index is 10.3. The van der Waals surface area contributed by atoms with Crippen molar-refractivity contribution in [3.05, 3.63) is 10.4 Å². The van der Waals surface area contributed by atoms with Crippen molar-refractivity contribution >= 4 is 5.97 Å². The Morgan fingerprint density at radius 2 is 1.80 bits per heavy atom. The van der Waals surface area contributed by atoms with Gasteiger partial charge in [0.2, 0.25) is 0 Å². The highest BCUT2D eigenvalue weighted by Gasteiger charge is 1.92. The van der Waals surface area contributed by atoms with E-state index in [0.29, 0.717) is 33.0 Å². The summed E-state index contributed by atoms with van der Waals surface area (Å²) in [6.07, 6.45) is 0. The van der Waals surface area contributed by atoms with Crippen molar-refractivity contribution in [1.82, 2.24) is 0 Å². The van der Waals surface area contributed by atoms with Gasteiger partial charge in [0.25, 0.3) is 0 Å². The van der Waals surface area contributed by atoms with Gasteiger partial charge in [-0.05, 0) is 5.53 Å². The zero-order chi connectivity index (χ0) is 11.4. The molecule has 86 valence electrons. The van der Waals surface area contributed by atoms with Crippen molar-refractivity contribution in [2.24, 2.45) is 5.11 Å². The molecule has 0 radical (unpaired) electrons. The quantitative estimate of drug-likeness (QED) is 0.188. The molecule has 0 aliphatic heterocycles. The van der Waals surface area contributed by atoms with E-state index >= 15 is 0 Å². The van der Waals surface area contributed by atoms with E-state index in [0.717, 1.165) is 0 Å². The van der Waals surface area contributed by atoms with Crippen molar-refractivity contribution in [3.8, 4) is 0 Å². The Balaban J connectivity index is 2.98. The molecule has 0 N–H and O–H groups in total. The highest BCUT2D eigenvalue weighted by molar-refractivity contribution is 5.65. The molecule has 15 heavy (non-hydrogen) atoms. The molecule has 0 aromatic heterocycles. The van der Waals surface area contributed by atoms with Crippen LogP contribution in [0.15, 0.2) is 5.11 Å². The normalized spacial score (nSPS) is 9.40. The van der Waals surface area contributed by atoms with E-state index in [-0.39, 0.29) is 12.6 Å². The Hall–Kier alpha value is -1.30. The van der Waals surface area contributed by atoms with Crippen LogP contribution in [0.1, 0.15) is 6.92 Å². The number of azide groups is 1. The van der Waals surface area contributed by atoms with Crippen LogP contribution in [0.5, 0.6) is 0 Å². The highest BCUT2D eigenvalue weighted by Crippen LogP contribution is 1.82. The number of rotatable bonds is 9. The Morgan fingerprint density at radius 3 is 2.40 bits per heavy atom. The van der Waals surface area contributed by atoms with Gasteiger partial charge in [0, 0.05) is 18.4 Å². The lowest BCUT2D eigenvalue weighted by molar-refractivity contribution is -0.142. The van der Waals surface area contributed by atoms with Gasteiger partial charge in [-0.1, -0.05) is 5.11 Å². The van der Waals surface area contributed by atoms with Crippen molar-refractivity contribution in [2.75, 3.05) is 39.6 Å². The monoisotopic (exact) mass is 217 g/mol. The molecule has 0 bridgehead atoms. The van der Waals surface area contributed by atoms with Crippen molar-refractivity contribution in [3.63, 3.8) is 0 Å². The number of esters is 1. The summed E-state index contributed by atoms with van der Waals surface area (Å²) in [7, 11) is 0. The van der Waals surface area contributed by atoms with E-state index in [4.69, 9.17) is 15.0 Å². The number of hydrogen-bond donors (Lipinski definition) is 0. The Morgan fingerprint density at radius 1 is 1.20 bits per heavy atom. The lowest BCUT2D eigenvalue weighted by atomic mass is 10.7. The molecule has 0 aliphatic rings. The molecule has 0 rings (SSSR count). The third-order valence-electron chi connectivity index (χ3n) is 1.30. The molecule has 0 atom stereocenters. The fraction of sp³-hybridized carbons (Fsp3) is 0.875. The second-order valence-electron chi connectivity index (χ2n) is 2.52. The van der Waals surface area contributed by atoms with E-state index < -0.39 is 0 Å². The van der Waals surface area contributed by atoms with Crippen LogP contribution in [0.2, 0.25) is 0 Å². The van der Waals surface area contributed by atoms with Crippen molar-refractivity contribution in [2.45, 2.75) is 6.92 Å². The van der Waals surface area contributed by atoms with Crippen molar-refractivity contribution < 1.29 is 19.0 Å². The number of carbonyl (C=O) groups excluding carboxylic acids is 1. The van der Waals surface area contributed by atoms with Crippen molar-refractivity contribution in [1.29, 1.82) is 0 Å². The van der Waals surface area contributed by atoms with E-state index in [9.17, 15) is 4.79 Å². The van der Waals surface area contributed by atoms with E-state index in [1.54, 1.807) is 0 Å². The summed E-state index contributed by atoms with van der Waals surface area (Å²) >= 11 is 0. The van der Waals surface area contributed by atoms with E-state index in [2.05, 4.69) is 14.8 Å². The fourth-order valence-electron chi connectivity index (χ4n) is 0.716. The maximum atomic E-state index is 10.3. The third kappa shape index (κ3) is 12.7. The lowest BCUT2D eigenvalue weighted by Gasteiger charge is -2.04. The zero-order valence-electron chi connectivity index (χ0n) is 8.72. The summed E-state index contributed by atoms with van der Waals surface area (Å²) in [6, 6.07) is 0. The molecule has 0 aliphatic carbocycles. The number of hydrogen-bond acceptors (Lipinski definition) is 5. The van der Waals surface area contributed by atoms with Crippen LogP contribution >= 0.6 is 0 Å². The SMILES string of the molecule is CC(=O)OCCOCCOCCN=[N+]=[N-]. The summed E-state index contributed by atoms with van der Waals surface area (Å²) in [6.45, 7) is 3.53. The standard InChI is InChI=1S/C8H15N3O4/c1-8(12)15-7-6-14-5-4-13-3-2-10-11-9/h2-7H2,1H3. The molecule has 0 aromatic carbocycles. The molecule has 0 heterocycles. The summed E-state index contributed by atoms with van der Waals surface area (Å²) < 4.78 is 14.8. The fourth-order valence-corrected chi connectivity index (χ4v) is 0.716. The maximum Gasteiger partial charge on any atom is 0.302 e. The second kappa shape index (κ2) is 10.8. The van der Waals surface area contributed by atoms with E-state index in [1.165, 1.54) is 6.92 Å². The van der Waals surface area contributed by atoms with E-state index in [1.807, 2.05) is 0 Å². The van der Waals surface area contributed by atoms with Crippen LogP contribution in [-0.2, 0) is 19.0 Å². The molecule has 0 spiro atoms. The third-order valence-corrected chi connectivity index (χ3v) is 1.30. The topological polar surface area (TPSA) is 93.5 Å². The van der Waals surface area contributed by atoms with Gasteiger partial charge in [-0.25, -0.2) is 0 Å². The Kier molecular flexibility index (Phi) is 9.84. The molecule has 0 saturated carbocycles. The predicted molar refractivity (Wildman–Crippen MR) is 52.3 cm³/mol. The molecular formula is C8H15N3O4. The zero-order valence-corrected chi connectivity index (χ0v) is 8.72. The minimum absolute atomic E-state index is 0.258. The highest BCUT2D eigenvalue weighted by atomic mass is 16.6. The summed E-state index contributed by atoms with van der Waals surface area (Å²) in [4.78, 5) is 12.9. The van der Waals surface area contributed by atoms with Gasteiger partial charge < -0.3 is 14.2 Å². The first-order chi connectivity index (χ1) is 7.27. The Labute approximate surface area is 87.9 Å². The molecule has 0 unspecified atom stereocenters. The predicted octanol–water partition coefficient (Wildman–Crippen LogP) is 0.893. The molecule has 0 aromatic rings. The van der Waals surface area contributed by atoms with Crippen LogP contribution in [0.3, 0.4) is 0 Å². The minimum Gasteiger partial charge on any atom is -0.463 e. The molecular weight excluding hydrogens is 202 g/mol. The van der Waals surface area contributed by atoms with Crippen LogP contribution in [0.25, 0.3) is 10.4 Å².